The SMILES string of the molecule is C#Cc1c(F)ccc2cc(O)cc(Oc3nc4nc(OCC56CCCN5CCC6)nc(N5CC6CCC(C5)N6)c4n3C)c12. The Morgan fingerprint density at radius 1 is 1.12 bits per heavy atom. The number of phenolic OH excluding ortho intramolecular Hbond substituents is 1. The number of hydrogen-bond donors (Lipinski definition) is 2. The Hall–Kier alpha value is -4.14. The van der Waals surface area contributed by atoms with Crippen LogP contribution in [0, 0.1) is 18.2 Å². The molecule has 0 spiro atoms. The summed E-state index contributed by atoms with van der Waals surface area (Å²) in [5.41, 5.74) is 1.29. The van der Waals surface area contributed by atoms with Gasteiger partial charge in [-0.05, 0) is 69.1 Å². The first-order valence-electron chi connectivity index (χ1n) is 15.1. The van der Waals surface area contributed by atoms with Crippen molar-refractivity contribution in [2.75, 3.05) is 37.7 Å². The van der Waals surface area contributed by atoms with Crippen molar-refractivity contribution in [2.24, 2.45) is 7.05 Å². The summed E-state index contributed by atoms with van der Waals surface area (Å²) < 4.78 is 29.2. The van der Waals surface area contributed by atoms with Gasteiger partial charge in [0.25, 0.3) is 0 Å². The predicted molar refractivity (Wildman–Crippen MR) is 160 cm³/mol. The molecule has 2 bridgehead atoms. The van der Waals surface area contributed by atoms with Gasteiger partial charge in [-0.1, -0.05) is 12.0 Å². The van der Waals surface area contributed by atoms with Gasteiger partial charge in [0.05, 0.1) is 11.1 Å². The average molecular weight is 584 g/mol. The average Bonchev–Trinajstić information content (AvgIpc) is 3.74. The van der Waals surface area contributed by atoms with Gasteiger partial charge in [0.1, 0.15) is 29.4 Å². The molecule has 0 amide bonds. The van der Waals surface area contributed by atoms with Crippen molar-refractivity contribution < 1.29 is 19.0 Å². The lowest BCUT2D eigenvalue weighted by atomic mass is 9.95. The zero-order valence-electron chi connectivity index (χ0n) is 24.1. The number of aromatic hydroxyl groups is 1. The molecular weight excluding hydrogens is 549 g/mol. The van der Waals surface area contributed by atoms with Crippen molar-refractivity contribution in [3.8, 4) is 35.9 Å². The molecule has 11 heteroatoms. The number of piperazine rings is 1. The second-order valence-corrected chi connectivity index (χ2v) is 12.4. The van der Waals surface area contributed by atoms with Crippen molar-refractivity contribution in [3.63, 3.8) is 0 Å². The van der Waals surface area contributed by atoms with E-state index in [9.17, 15) is 9.50 Å². The predicted octanol–water partition coefficient (Wildman–Crippen LogP) is 4.08. The van der Waals surface area contributed by atoms with E-state index in [1.54, 1.807) is 10.6 Å². The molecule has 0 aliphatic carbocycles. The highest BCUT2D eigenvalue weighted by Crippen LogP contribution is 2.41. The van der Waals surface area contributed by atoms with Crippen molar-refractivity contribution in [1.29, 1.82) is 0 Å². The molecule has 4 aromatic rings. The Morgan fingerprint density at radius 3 is 2.63 bits per heavy atom. The second-order valence-electron chi connectivity index (χ2n) is 12.4. The fourth-order valence-corrected chi connectivity index (χ4v) is 7.76. The van der Waals surface area contributed by atoms with Crippen LogP contribution in [0.1, 0.15) is 44.1 Å². The normalized spacial score (nSPS) is 22.8. The van der Waals surface area contributed by atoms with E-state index in [1.165, 1.54) is 31.0 Å². The zero-order chi connectivity index (χ0) is 29.3. The lowest BCUT2D eigenvalue weighted by Crippen LogP contribution is -2.51. The molecule has 4 aliphatic rings. The topological polar surface area (TPSA) is 101 Å². The van der Waals surface area contributed by atoms with Crippen LogP contribution >= 0.6 is 0 Å². The molecule has 4 aliphatic heterocycles. The van der Waals surface area contributed by atoms with Gasteiger partial charge < -0.3 is 24.8 Å². The number of halogens is 1. The number of aryl methyl sites for hydroxylation is 1. The molecule has 6 heterocycles. The van der Waals surface area contributed by atoms with Crippen LogP contribution in [0.5, 0.6) is 23.5 Å². The molecule has 2 unspecified atom stereocenters. The molecule has 222 valence electrons. The van der Waals surface area contributed by atoms with Crippen LogP contribution < -0.4 is 19.7 Å². The molecule has 0 radical (unpaired) electrons. The van der Waals surface area contributed by atoms with Crippen molar-refractivity contribution >= 4 is 27.8 Å². The number of ether oxygens (including phenoxy) is 2. The number of imidazole rings is 1. The summed E-state index contributed by atoms with van der Waals surface area (Å²) in [4.78, 5) is 19.4. The Kier molecular flexibility index (Phi) is 6.14. The standard InChI is InChI=1S/C32H34FN7O3/c1-3-23-24(33)9-6-19-14-22(41)15-25(26(19)23)43-31-36-28-27(38(31)2)29(39-16-20-7-8-21(17-39)34-20)37-30(35-28)42-18-32-10-4-12-40(32)13-5-11-32/h1,6,9,14-15,20-21,34,41H,4-5,7-8,10-13,16-18H2,2H3. The second kappa shape index (κ2) is 9.96. The van der Waals surface area contributed by atoms with Crippen LogP contribution in [0.4, 0.5) is 10.2 Å². The number of anilines is 1. The largest absolute Gasteiger partial charge is 0.508 e. The van der Waals surface area contributed by atoms with E-state index in [1.807, 2.05) is 7.05 Å². The maximum absolute atomic E-state index is 14.7. The summed E-state index contributed by atoms with van der Waals surface area (Å²) in [7, 11) is 1.84. The lowest BCUT2D eigenvalue weighted by molar-refractivity contribution is 0.108. The van der Waals surface area contributed by atoms with E-state index in [2.05, 4.69) is 21.0 Å². The minimum absolute atomic E-state index is 0.0319. The Bertz CT molecular complexity index is 1780. The molecule has 2 aromatic carbocycles. The van der Waals surface area contributed by atoms with E-state index >= 15 is 0 Å². The molecule has 4 saturated heterocycles. The van der Waals surface area contributed by atoms with E-state index < -0.39 is 5.82 Å². The summed E-state index contributed by atoms with van der Waals surface area (Å²) in [6.07, 6.45) is 12.6. The highest BCUT2D eigenvalue weighted by molar-refractivity contribution is 5.95. The Balaban J connectivity index is 1.21. The van der Waals surface area contributed by atoms with Crippen LogP contribution in [0.15, 0.2) is 24.3 Å². The van der Waals surface area contributed by atoms with Gasteiger partial charge in [-0.3, -0.25) is 9.47 Å². The third-order valence-electron chi connectivity index (χ3n) is 9.81. The van der Waals surface area contributed by atoms with Gasteiger partial charge in [0.2, 0.25) is 0 Å². The minimum atomic E-state index is -0.540. The number of fused-ring (bicyclic) bond motifs is 5. The quantitative estimate of drug-likeness (QED) is 0.325. The summed E-state index contributed by atoms with van der Waals surface area (Å²) >= 11 is 0. The molecule has 43 heavy (non-hydrogen) atoms. The molecule has 2 aromatic heterocycles. The number of rotatable bonds is 6. The Labute approximate surface area is 248 Å². The van der Waals surface area contributed by atoms with E-state index in [0.717, 1.165) is 63.2 Å². The van der Waals surface area contributed by atoms with Gasteiger partial charge in [-0.25, -0.2) is 4.39 Å². The van der Waals surface area contributed by atoms with Crippen LogP contribution in [0.25, 0.3) is 21.9 Å². The number of nitrogens with zero attached hydrogens (tertiary/aromatic N) is 6. The number of terminal acetylenes is 1. The summed E-state index contributed by atoms with van der Waals surface area (Å²) in [5, 5.41) is 15.1. The molecule has 2 atom stereocenters. The molecule has 8 rings (SSSR count). The third kappa shape index (κ3) is 4.34. The van der Waals surface area contributed by atoms with Crippen molar-refractivity contribution in [1.82, 2.24) is 29.7 Å². The molecule has 10 nitrogen and oxygen atoms in total. The molecule has 2 N–H and O–H groups in total. The third-order valence-corrected chi connectivity index (χ3v) is 9.81. The van der Waals surface area contributed by atoms with E-state index in [4.69, 9.17) is 30.8 Å². The molecular formula is C32H34FN7O3. The fraction of sp³-hybridized carbons (Fsp3) is 0.469. The van der Waals surface area contributed by atoms with Gasteiger partial charge in [-0.15, -0.1) is 6.42 Å². The highest BCUT2D eigenvalue weighted by atomic mass is 19.1. The first-order valence-corrected chi connectivity index (χ1v) is 15.1. The van der Waals surface area contributed by atoms with Gasteiger partial charge in [0.15, 0.2) is 11.5 Å². The minimum Gasteiger partial charge on any atom is -0.508 e. The summed E-state index contributed by atoms with van der Waals surface area (Å²) in [6.45, 7) is 4.44. The van der Waals surface area contributed by atoms with Crippen molar-refractivity contribution in [3.05, 3.63) is 35.6 Å². The maximum Gasteiger partial charge on any atom is 0.320 e. The van der Waals surface area contributed by atoms with Crippen LogP contribution in [0.3, 0.4) is 0 Å². The van der Waals surface area contributed by atoms with Crippen LogP contribution in [-0.4, -0.2) is 79.9 Å². The molecule has 4 fully saturated rings. The first-order chi connectivity index (χ1) is 20.9. The fourth-order valence-electron chi connectivity index (χ4n) is 7.76. The van der Waals surface area contributed by atoms with Gasteiger partial charge in [0, 0.05) is 43.7 Å². The lowest BCUT2D eigenvalue weighted by Gasteiger charge is -2.34. The first kappa shape index (κ1) is 26.5. The number of aromatic nitrogens is 4. The maximum atomic E-state index is 14.7. The summed E-state index contributed by atoms with van der Waals surface area (Å²) in [6, 6.07) is 7.13. The van der Waals surface area contributed by atoms with Crippen LogP contribution in [0.2, 0.25) is 0 Å². The summed E-state index contributed by atoms with van der Waals surface area (Å²) in [5.74, 6) is 2.82. The highest BCUT2D eigenvalue weighted by Gasteiger charge is 2.45. The smallest absolute Gasteiger partial charge is 0.320 e. The van der Waals surface area contributed by atoms with Crippen LogP contribution in [-0.2, 0) is 7.05 Å². The number of phenols is 1. The van der Waals surface area contributed by atoms with Gasteiger partial charge >= 0.3 is 12.0 Å². The monoisotopic (exact) mass is 583 g/mol. The number of nitrogens with one attached hydrogen (secondary N) is 1. The Morgan fingerprint density at radius 2 is 1.88 bits per heavy atom. The van der Waals surface area contributed by atoms with Crippen molar-refractivity contribution in [2.45, 2.75) is 56.1 Å². The number of benzene rings is 2. The van der Waals surface area contributed by atoms with E-state index in [0.29, 0.717) is 41.1 Å². The number of hydrogen-bond acceptors (Lipinski definition) is 9. The zero-order valence-corrected chi connectivity index (χ0v) is 24.1. The molecule has 0 saturated carbocycles. The van der Waals surface area contributed by atoms with E-state index in [-0.39, 0.29) is 28.6 Å². The van der Waals surface area contributed by atoms with Gasteiger partial charge in [-0.2, -0.15) is 15.0 Å².